The first kappa shape index (κ1) is 30.8. The lowest BCUT2D eigenvalue weighted by Gasteiger charge is -2.26. The SMILES string of the molecule is c1ccc(-c2ccc(N(c3ccc(-c4ccccc4)cc3)c3ccc(-c4ccc5ccc6ccc7ccc8ccccc8c7c6c5c4)cc3)cc2)cc1. The van der Waals surface area contributed by atoms with Crippen molar-refractivity contribution in [2.24, 2.45) is 0 Å². The van der Waals surface area contributed by atoms with Crippen LogP contribution in [0.3, 0.4) is 0 Å². The summed E-state index contributed by atoms with van der Waals surface area (Å²) in [5, 5.41) is 10.3. The Morgan fingerprint density at radius 2 is 0.566 bits per heavy atom. The van der Waals surface area contributed by atoms with Gasteiger partial charge in [0.1, 0.15) is 0 Å². The summed E-state index contributed by atoms with van der Waals surface area (Å²) in [5.41, 5.74) is 10.6. The van der Waals surface area contributed by atoms with Gasteiger partial charge in [0.15, 0.2) is 0 Å². The largest absolute Gasteiger partial charge is 0.311 e. The molecular formula is C52H35N. The summed E-state index contributed by atoms with van der Waals surface area (Å²) in [4.78, 5) is 2.35. The Morgan fingerprint density at radius 3 is 1.08 bits per heavy atom. The fourth-order valence-corrected chi connectivity index (χ4v) is 7.94. The zero-order valence-corrected chi connectivity index (χ0v) is 29.2. The Morgan fingerprint density at radius 1 is 0.226 bits per heavy atom. The van der Waals surface area contributed by atoms with Crippen molar-refractivity contribution < 1.29 is 0 Å². The van der Waals surface area contributed by atoms with Crippen molar-refractivity contribution in [1.29, 1.82) is 0 Å². The maximum absolute atomic E-state index is 2.39. The van der Waals surface area contributed by atoms with Crippen LogP contribution in [0.5, 0.6) is 0 Å². The number of nitrogens with zero attached hydrogens (tertiary/aromatic N) is 1. The lowest BCUT2D eigenvalue weighted by atomic mass is 9.91. The van der Waals surface area contributed by atoms with Gasteiger partial charge in [0.05, 0.1) is 0 Å². The molecule has 10 rings (SSSR count). The lowest BCUT2D eigenvalue weighted by molar-refractivity contribution is 1.28. The molecule has 0 saturated carbocycles. The molecule has 10 aromatic carbocycles. The number of hydrogen-bond acceptors (Lipinski definition) is 1. The molecule has 0 atom stereocenters. The van der Waals surface area contributed by atoms with Crippen LogP contribution in [-0.2, 0) is 0 Å². The van der Waals surface area contributed by atoms with Crippen LogP contribution in [0.25, 0.3) is 76.5 Å². The van der Waals surface area contributed by atoms with Gasteiger partial charge in [0.25, 0.3) is 0 Å². The number of benzene rings is 10. The molecule has 0 N–H and O–H groups in total. The summed E-state index contributed by atoms with van der Waals surface area (Å²) in [6.45, 7) is 0. The third kappa shape index (κ3) is 5.60. The van der Waals surface area contributed by atoms with Gasteiger partial charge < -0.3 is 4.90 Å². The fraction of sp³-hybridized carbons (Fsp3) is 0. The van der Waals surface area contributed by atoms with Crippen molar-refractivity contribution in [3.8, 4) is 33.4 Å². The Labute approximate surface area is 309 Å². The second-order valence-corrected chi connectivity index (χ2v) is 13.8. The smallest absolute Gasteiger partial charge is 0.0462 e. The topological polar surface area (TPSA) is 3.24 Å². The molecule has 0 aromatic heterocycles. The van der Waals surface area contributed by atoms with Crippen LogP contribution in [0.2, 0.25) is 0 Å². The quantitative estimate of drug-likeness (QED) is 0.159. The average Bonchev–Trinajstić information content (AvgIpc) is 3.24. The molecule has 0 aliphatic heterocycles. The van der Waals surface area contributed by atoms with Gasteiger partial charge in [-0.05, 0) is 119 Å². The summed E-state index contributed by atoms with van der Waals surface area (Å²) >= 11 is 0. The van der Waals surface area contributed by atoms with Gasteiger partial charge in [-0.25, -0.2) is 0 Å². The molecule has 0 unspecified atom stereocenters. The predicted molar refractivity (Wildman–Crippen MR) is 227 cm³/mol. The molecule has 0 radical (unpaired) electrons. The molecule has 0 aliphatic carbocycles. The molecule has 0 heterocycles. The molecule has 1 nitrogen and oxygen atoms in total. The fourth-order valence-electron chi connectivity index (χ4n) is 7.94. The Balaban J connectivity index is 1.07. The van der Waals surface area contributed by atoms with Crippen molar-refractivity contribution in [2.75, 3.05) is 4.90 Å². The molecule has 0 spiro atoms. The summed E-state index contributed by atoms with van der Waals surface area (Å²) in [6.07, 6.45) is 0. The van der Waals surface area contributed by atoms with Gasteiger partial charge in [-0.3, -0.25) is 0 Å². The van der Waals surface area contributed by atoms with E-state index in [1.165, 1.54) is 76.5 Å². The standard InChI is InChI=1S/C52H35N/c1-3-9-36(10-4-1)38-23-29-46(30-24-38)53(47-31-25-39(26-32-47)37-11-5-2-6-12-37)48-33-27-40(28-34-48)45-22-17-42-16-19-44-21-20-43-18-15-41-13-7-8-14-49(41)51(43)52(44)50(42)35-45/h1-35H. The molecule has 53 heavy (non-hydrogen) atoms. The predicted octanol–water partition coefficient (Wildman–Crippen LogP) is 14.8. The van der Waals surface area contributed by atoms with Gasteiger partial charge in [-0.1, -0.05) is 170 Å². The van der Waals surface area contributed by atoms with E-state index in [4.69, 9.17) is 0 Å². The molecule has 0 bridgehead atoms. The Bertz CT molecular complexity index is 2800. The first-order valence-electron chi connectivity index (χ1n) is 18.3. The molecule has 1 heteroatoms. The Hall–Kier alpha value is -6.96. The van der Waals surface area contributed by atoms with Crippen LogP contribution in [0.4, 0.5) is 17.1 Å². The van der Waals surface area contributed by atoms with E-state index in [1.807, 2.05) is 0 Å². The summed E-state index contributed by atoms with van der Waals surface area (Å²) < 4.78 is 0. The number of rotatable bonds is 6. The van der Waals surface area contributed by atoms with E-state index in [-0.39, 0.29) is 0 Å². The number of fused-ring (bicyclic) bond motifs is 7. The summed E-state index contributed by atoms with van der Waals surface area (Å²) in [5.74, 6) is 0. The van der Waals surface area contributed by atoms with Crippen molar-refractivity contribution in [1.82, 2.24) is 0 Å². The molecule has 10 aromatic rings. The van der Waals surface area contributed by atoms with E-state index >= 15 is 0 Å². The van der Waals surface area contributed by atoms with Crippen LogP contribution in [0.1, 0.15) is 0 Å². The molecule has 248 valence electrons. The third-order valence-corrected chi connectivity index (χ3v) is 10.6. The van der Waals surface area contributed by atoms with E-state index in [0.717, 1.165) is 17.1 Å². The number of anilines is 3. The lowest BCUT2D eigenvalue weighted by Crippen LogP contribution is -2.09. The van der Waals surface area contributed by atoms with E-state index in [0.29, 0.717) is 0 Å². The van der Waals surface area contributed by atoms with Gasteiger partial charge >= 0.3 is 0 Å². The third-order valence-electron chi connectivity index (χ3n) is 10.6. The molecule has 0 amide bonds. The monoisotopic (exact) mass is 673 g/mol. The minimum Gasteiger partial charge on any atom is -0.311 e. The highest BCUT2D eigenvalue weighted by molar-refractivity contribution is 6.27. The van der Waals surface area contributed by atoms with E-state index in [1.54, 1.807) is 0 Å². The van der Waals surface area contributed by atoms with Crippen LogP contribution in [0.15, 0.2) is 212 Å². The van der Waals surface area contributed by atoms with Crippen LogP contribution in [0, 0.1) is 0 Å². The zero-order valence-electron chi connectivity index (χ0n) is 29.2. The van der Waals surface area contributed by atoms with Crippen LogP contribution < -0.4 is 4.90 Å². The molecule has 0 fully saturated rings. The Kier molecular flexibility index (Phi) is 7.55. The second-order valence-electron chi connectivity index (χ2n) is 13.8. The zero-order chi connectivity index (χ0) is 35.1. The van der Waals surface area contributed by atoms with Crippen LogP contribution >= 0.6 is 0 Å². The average molecular weight is 674 g/mol. The van der Waals surface area contributed by atoms with Crippen molar-refractivity contribution in [3.63, 3.8) is 0 Å². The van der Waals surface area contributed by atoms with Gasteiger partial charge in [-0.15, -0.1) is 0 Å². The minimum atomic E-state index is 1.11. The highest BCUT2D eigenvalue weighted by Crippen LogP contribution is 2.40. The number of hydrogen-bond donors (Lipinski definition) is 0. The maximum Gasteiger partial charge on any atom is 0.0462 e. The first-order chi connectivity index (χ1) is 26.3. The van der Waals surface area contributed by atoms with Gasteiger partial charge in [0, 0.05) is 17.1 Å². The maximum atomic E-state index is 2.39. The minimum absolute atomic E-state index is 1.11. The second kappa shape index (κ2) is 13.0. The highest BCUT2D eigenvalue weighted by atomic mass is 15.1. The van der Waals surface area contributed by atoms with Crippen molar-refractivity contribution >= 4 is 60.2 Å². The molecular weight excluding hydrogens is 639 g/mol. The van der Waals surface area contributed by atoms with E-state index < -0.39 is 0 Å². The summed E-state index contributed by atoms with van der Waals surface area (Å²) in [7, 11) is 0. The normalized spacial score (nSPS) is 11.4. The van der Waals surface area contributed by atoms with Gasteiger partial charge in [-0.2, -0.15) is 0 Å². The van der Waals surface area contributed by atoms with E-state index in [2.05, 4.69) is 217 Å². The van der Waals surface area contributed by atoms with Gasteiger partial charge in [0.2, 0.25) is 0 Å². The highest BCUT2D eigenvalue weighted by Gasteiger charge is 2.15. The first-order valence-corrected chi connectivity index (χ1v) is 18.3. The van der Waals surface area contributed by atoms with E-state index in [9.17, 15) is 0 Å². The van der Waals surface area contributed by atoms with Crippen molar-refractivity contribution in [2.45, 2.75) is 0 Å². The molecule has 0 saturated heterocycles. The van der Waals surface area contributed by atoms with Crippen LogP contribution in [-0.4, -0.2) is 0 Å². The molecule has 0 aliphatic rings. The van der Waals surface area contributed by atoms with Crippen molar-refractivity contribution in [3.05, 3.63) is 212 Å². The summed E-state index contributed by atoms with van der Waals surface area (Å²) in [6, 6.07) is 77.1.